The maximum Gasteiger partial charge on any atom is 0.160 e. The third-order valence-corrected chi connectivity index (χ3v) is 3.50. The summed E-state index contributed by atoms with van der Waals surface area (Å²) in [6, 6.07) is 2.01. The van der Waals surface area contributed by atoms with Crippen LogP contribution < -0.4 is 0 Å². The number of thiophene rings is 1. The maximum atomic E-state index is 6.12. The topological polar surface area (TPSA) is 35.0 Å². The summed E-state index contributed by atoms with van der Waals surface area (Å²) in [5.74, 6) is 0.654. The average molecular weight is 257 g/mol. The minimum absolute atomic E-state index is 0.116. The summed E-state index contributed by atoms with van der Waals surface area (Å²) in [6.07, 6.45) is -0.116. The summed E-state index contributed by atoms with van der Waals surface area (Å²) in [5, 5.41) is 1.44. The van der Waals surface area contributed by atoms with Crippen molar-refractivity contribution in [1.29, 1.82) is 0 Å². The van der Waals surface area contributed by atoms with Gasteiger partial charge >= 0.3 is 0 Å². The number of aromatic nitrogens is 2. The van der Waals surface area contributed by atoms with E-state index in [4.69, 9.17) is 16.3 Å². The number of fused-ring (bicyclic) bond motifs is 1. The van der Waals surface area contributed by atoms with Crippen LogP contribution in [0.1, 0.15) is 30.7 Å². The molecule has 0 amide bonds. The Bertz CT molecular complexity index is 512. The third kappa shape index (κ3) is 2.19. The molecule has 0 aliphatic heterocycles. The van der Waals surface area contributed by atoms with Gasteiger partial charge < -0.3 is 4.74 Å². The predicted molar refractivity (Wildman–Crippen MR) is 67.2 cm³/mol. The second-order valence-corrected chi connectivity index (χ2v) is 5.14. The molecule has 16 heavy (non-hydrogen) atoms. The van der Waals surface area contributed by atoms with Crippen LogP contribution in [0.3, 0.4) is 0 Å². The van der Waals surface area contributed by atoms with Gasteiger partial charge in [-0.2, -0.15) is 0 Å². The van der Waals surface area contributed by atoms with Crippen LogP contribution in [0.4, 0.5) is 0 Å². The molecule has 0 aromatic carbocycles. The van der Waals surface area contributed by atoms with Gasteiger partial charge in [-0.05, 0) is 26.8 Å². The van der Waals surface area contributed by atoms with E-state index < -0.39 is 0 Å². The van der Waals surface area contributed by atoms with E-state index in [9.17, 15) is 0 Å². The highest BCUT2D eigenvalue weighted by Crippen LogP contribution is 2.29. The minimum Gasteiger partial charge on any atom is -0.371 e. The monoisotopic (exact) mass is 256 g/mol. The molecule has 2 rings (SSSR count). The fourth-order valence-corrected chi connectivity index (χ4v) is 2.70. The first-order valence-electron chi connectivity index (χ1n) is 5.17. The van der Waals surface area contributed by atoms with Crippen molar-refractivity contribution in [1.82, 2.24) is 9.97 Å². The van der Waals surface area contributed by atoms with Crippen molar-refractivity contribution in [3.05, 3.63) is 21.9 Å². The standard InChI is InChI=1S/C11H13ClN2OS/c1-4-15-7(3)10-13-9(12)8-5-6(2)16-11(8)14-10/h5,7H,4H2,1-3H3. The molecule has 2 aromatic heterocycles. The Kier molecular flexibility index (Phi) is 3.42. The number of rotatable bonds is 3. The van der Waals surface area contributed by atoms with Gasteiger partial charge in [-0.15, -0.1) is 11.3 Å². The van der Waals surface area contributed by atoms with Gasteiger partial charge in [0.2, 0.25) is 0 Å². The molecule has 86 valence electrons. The molecule has 0 fully saturated rings. The van der Waals surface area contributed by atoms with E-state index in [1.54, 1.807) is 11.3 Å². The van der Waals surface area contributed by atoms with Gasteiger partial charge in [0.05, 0.1) is 0 Å². The molecule has 0 aliphatic rings. The van der Waals surface area contributed by atoms with E-state index in [1.807, 2.05) is 26.8 Å². The van der Waals surface area contributed by atoms with E-state index in [2.05, 4.69) is 9.97 Å². The zero-order chi connectivity index (χ0) is 11.7. The molecule has 2 aromatic rings. The smallest absolute Gasteiger partial charge is 0.160 e. The third-order valence-electron chi connectivity index (χ3n) is 2.27. The van der Waals surface area contributed by atoms with Crippen LogP contribution in [-0.4, -0.2) is 16.6 Å². The molecule has 0 N–H and O–H groups in total. The summed E-state index contributed by atoms with van der Waals surface area (Å²) in [7, 11) is 0. The fourth-order valence-electron chi connectivity index (χ4n) is 1.53. The Morgan fingerprint density at radius 2 is 2.25 bits per heavy atom. The van der Waals surface area contributed by atoms with Gasteiger partial charge in [-0.3, -0.25) is 0 Å². The molecule has 0 saturated carbocycles. The van der Waals surface area contributed by atoms with E-state index in [-0.39, 0.29) is 6.10 Å². The molecule has 1 unspecified atom stereocenters. The molecule has 2 heterocycles. The fraction of sp³-hybridized carbons (Fsp3) is 0.455. The Hall–Kier alpha value is -0.710. The van der Waals surface area contributed by atoms with Crippen LogP contribution in [0.5, 0.6) is 0 Å². The summed E-state index contributed by atoms with van der Waals surface area (Å²) >= 11 is 7.74. The van der Waals surface area contributed by atoms with Gasteiger partial charge in [0.25, 0.3) is 0 Å². The van der Waals surface area contributed by atoms with Crippen molar-refractivity contribution < 1.29 is 4.74 Å². The molecule has 0 spiro atoms. The zero-order valence-corrected chi connectivity index (χ0v) is 11.0. The number of nitrogens with zero attached hydrogens (tertiary/aromatic N) is 2. The van der Waals surface area contributed by atoms with E-state index >= 15 is 0 Å². The average Bonchev–Trinajstić information content (AvgIpc) is 2.59. The Balaban J connectivity index is 2.48. The predicted octanol–water partition coefficient (Wildman–Crippen LogP) is 3.75. The van der Waals surface area contributed by atoms with Crippen molar-refractivity contribution in [2.24, 2.45) is 0 Å². The van der Waals surface area contributed by atoms with Crippen LogP contribution in [0.2, 0.25) is 5.15 Å². The molecule has 3 nitrogen and oxygen atoms in total. The lowest BCUT2D eigenvalue weighted by Gasteiger charge is -2.10. The maximum absolute atomic E-state index is 6.12. The lowest BCUT2D eigenvalue weighted by Crippen LogP contribution is -2.04. The highest BCUT2D eigenvalue weighted by Gasteiger charge is 2.13. The van der Waals surface area contributed by atoms with Crippen molar-refractivity contribution in [3.63, 3.8) is 0 Å². The van der Waals surface area contributed by atoms with Crippen LogP contribution in [0, 0.1) is 6.92 Å². The Labute approximate surface area is 103 Å². The van der Waals surface area contributed by atoms with Gasteiger partial charge in [0, 0.05) is 16.9 Å². The molecular formula is C11H13ClN2OS. The molecule has 0 bridgehead atoms. The number of hydrogen-bond acceptors (Lipinski definition) is 4. The Morgan fingerprint density at radius 1 is 1.50 bits per heavy atom. The molecule has 5 heteroatoms. The van der Waals surface area contributed by atoms with Crippen LogP contribution in [0.25, 0.3) is 10.2 Å². The van der Waals surface area contributed by atoms with Gasteiger partial charge in [0.1, 0.15) is 16.1 Å². The minimum atomic E-state index is -0.116. The van der Waals surface area contributed by atoms with E-state index in [0.717, 1.165) is 10.2 Å². The normalized spacial score (nSPS) is 13.2. The van der Waals surface area contributed by atoms with E-state index in [0.29, 0.717) is 17.6 Å². The number of ether oxygens (including phenoxy) is 1. The first-order valence-corrected chi connectivity index (χ1v) is 6.36. The second-order valence-electron chi connectivity index (χ2n) is 3.55. The molecule has 0 radical (unpaired) electrons. The van der Waals surface area contributed by atoms with Crippen LogP contribution in [0.15, 0.2) is 6.07 Å². The van der Waals surface area contributed by atoms with Gasteiger partial charge in [0.15, 0.2) is 5.82 Å². The van der Waals surface area contributed by atoms with Gasteiger partial charge in [-0.1, -0.05) is 11.6 Å². The van der Waals surface area contributed by atoms with Crippen LogP contribution >= 0.6 is 22.9 Å². The first-order chi connectivity index (χ1) is 7.61. The summed E-state index contributed by atoms with van der Waals surface area (Å²) < 4.78 is 5.46. The first kappa shape index (κ1) is 11.8. The summed E-state index contributed by atoms with van der Waals surface area (Å²) in [6.45, 7) is 6.56. The van der Waals surface area contributed by atoms with E-state index in [1.165, 1.54) is 4.88 Å². The molecule has 0 saturated heterocycles. The highest BCUT2D eigenvalue weighted by molar-refractivity contribution is 7.18. The highest BCUT2D eigenvalue weighted by atomic mass is 35.5. The van der Waals surface area contributed by atoms with Crippen molar-refractivity contribution in [2.45, 2.75) is 26.9 Å². The van der Waals surface area contributed by atoms with Crippen molar-refractivity contribution in [3.8, 4) is 0 Å². The second kappa shape index (κ2) is 4.65. The quantitative estimate of drug-likeness (QED) is 0.785. The van der Waals surface area contributed by atoms with Crippen molar-refractivity contribution in [2.75, 3.05) is 6.61 Å². The zero-order valence-electron chi connectivity index (χ0n) is 9.45. The Morgan fingerprint density at radius 3 is 2.94 bits per heavy atom. The molecule has 1 atom stereocenters. The van der Waals surface area contributed by atoms with Gasteiger partial charge in [-0.25, -0.2) is 9.97 Å². The number of aryl methyl sites for hydroxylation is 1. The molecule has 0 aliphatic carbocycles. The van der Waals surface area contributed by atoms with Crippen LogP contribution in [-0.2, 0) is 4.74 Å². The summed E-state index contributed by atoms with van der Waals surface area (Å²) in [5.41, 5.74) is 0. The number of halogens is 1. The largest absolute Gasteiger partial charge is 0.371 e. The van der Waals surface area contributed by atoms with Crippen molar-refractivity contribution >= 4 is 33.2 Å². The summed E-state index contributed by atoms with van der Waals surface area (Å²) in [4.78, 5) is 10.9. The number of hydrogen-bond donors (Lipinski definition) is 0. The molecular weight excluding hydrogens is 244 g/mol. The lowest BCUT2D eigenvalue weighted by molar-refractivity contribution is 0.0703. The lowest BCUT2D eigenvalue weighted by atomic mass is 10.3. The SMILES string of the molecule is CCOC(C)c1nc(Cl)c2cc(C)sc2n1.